The Kier molecular flexibility index (Phi) is 7.75. The molecular weight excluding hydrogens is 344 g/mol. The zero-order valence-corrected chi connectivity index (χ0v) is 16.4. The number of likely N-dealkylation sites (N-methyl/N-ethyl adjacent to an activating group) is 1. The van der Waals surface area contributed by atoms with Crippen LogP contribution in [0, 0.1) is 6.92 Å². The molecule has 0 spiro atoms. The van der Waals surface area contributed by atoms with Crippen LogP contribution >= 0.6 is 11.8 Å². The highest BCUT2D eigenvalue weighted by molar-refractivity contribution is 7.99. The van der Waals surface area contributed by atoms with Crippen molar-refractivity contribution in [2.24, 2.45) is 0 Å². The van der Waals surface area contributed by atoms with Gasteiger partial charge < -0.3 is 10.1 Å². The molecule has 1 N–H and O–H groups in total. The summed E-state index contributed by atoms with van der Waals surface area (Å²) in [5.41, 5.74) is 3.09. The molecule has 0 aromatic heterocycles. The average Bonchev–Trinajstić information content (AvgIpc) is 2.61. The SMILES string of the molecule is C=CCSc1ccccc1NC(=O)CN(C)Cc1cc(C)ccc1OC. The predicted molar refractivity (Wildman–Crippen MR) is 110 cm³/mol. The minimum atomic E-state index is -0.0363. The fourth-order valence-corrected chi connectivity index (χ4v) is 3.40. The molecule has 0 saturated heterocycles. The van der Waals surface area contributed by atoms with Crippen molar-refractivity contribution in [3.63, 3.8) is 0 Å². The van der Waals surface area contributed by atoms with Crippen LogP contribution in [0.2, 0.25) is 0 Å². The molecule has 5 heteroatoms. The predicted octanol–water partition coefficient (Wildman–Crippen LogP) is 4.35. The van der Waals surface area contributed by atoms with Gasteiger partial charge in [0.1, 0.15) is 5.75 Å². The van der Waals surface area contributed by atoms with Crippen molar-refractivity contribution in [2.75, 3.05) is 31.8 Å². The smallest absolute Gasteiger partial charge is 0.238 e. The lowest BCUT2D eigenvalue weighted by molar-refractivity contribution is -0.117. The molecule has 0 heterocycles. The van der Waals surface area contributed by atoms with E-state index in [1.807, 2.05) is 61.3 Å². The third-order valence-electron chi connectivity index (χ3n) is 3.81. The molecule has 0 aliphatic carbocycles. The minimum Gasteiger partial charge on any atom is -0.496 e. The molecule has 0 bridgehead atoms. The van der Waals surface area contributed by atoms with Crippen molar-refractivity contribution < 1.29 is 9.53 Å². The number of carbonyl (C=O) groups excluding carboxylic acids is 1. The van der Waals surface area contributed by atoms with Gasteiger partial charge in [0.2, 0.25) is 5.91 Å². The van der Waals surface area contributed by atoms with Gasteiger partial charge in [-0.2, -0.15) is 0 Å². The number of nitrogens with one attached hydrogen (secondary N) is 1. The van der Waals surface area contributed by atoms with Crippen LogP contribution in [0.15, 0.2) is 60.0 Å². The van der Waals surface area contributed by atoms with Crippen LogP contribution in [0.3, 0.4) is 0 Å². The van der Waals surface area contributed by atoms with E-state index in [0.29, 0.717) is 13.1 Å². The molecule has 1 amide bonds. The maximum Gasteiger partial charge on any atom is 0.238 e. The number of aryl methyl sites for hydroxylation is 1. The number of ether oxygens (including phenoxy) is 1. The third-order valence-corrected chi connectivity index (χ3v) is 4.88. The summed E-state index contributed by atoms with van der Waals surface area (Å²) in [7, 11) is 3.60. The molecular formula is C21H26N2O2S. The van der Waals surface area contributed by atoms with E-state index in [1.54, 1.807) is 18.9 Å². The Morgan fingerprint density at radius 2 is 2.08 bits per heavy atom. The average molecular weight is 371 g/mol. The number of thioether (sulfide) groups is 1. The molecule has 0 saturated carbocycles. The number of carbonyl (C=O) groups is 1. The maximum atomic E-state index is 12.4. The molecule has 0 aliphatic heterocycles. The van der Waals surface area contributed by atoms with Crippen LogP contribution in [0.1, 0.15) is 11.1 Å². The Morgan fingerprint density at radius 3 is 2.81 bits per heavy atom. The van der Waals surface area contributed by atoms with Crippen LogP contribution < -0.4 is 10.1 Å². The second-order valence-corrected chi connectivity index (χ2v) is 7.19. The number of hydrogen-bond acceptors (Lipinski definition) is 4. The number of para-hydroxylation sites is 1. The number of hydrogen-bond donors (Lipinski definition) is 1. The number of benzene rings is 2. The van der Waals surface area contributed by atoms with Crippen LogP contribution in [0.5, 0.6) is 5.75 Å². The van der Waals surface area contributed by atoms with Crippen molar-refractivity contribution in [3.8, 4) is 5.75 Å². The Labute approximate surface area is 160 Å². The molecule has 0 unspecified atom stereocenters. The maximum absolute atomic E-state index is 12.4. The van der Waals surface area contributed by atoms with E-state index in [1.165, 1.54) is 5.56 Å². The van der Waals surface area contributed by atoms with Gasteiger partial charge in [0.25, 0.3) is 0 Å². The van der Waals surface area contributed by atoms with Crippen LogP contribution in [-0.4, -0.2) is 37.3 Å². The third kappa shape index (κ3) is 5.93. The molecule has 2 aromatic rings. The summed E-state index contributed by atoms with van der Waals surface area (Å²) in [6.07, 6.45) is 1.85. The van der Waals surface area contributed by atoms with E-state index in [-0.39, 0.29) is 5.91 Å². The zero-order chi connectivity index (χ0) is 18.9. The summed E-state index contributed by atoms with van der Waals surface area (Å²) in [4.78, 5) is 15.5. The molecule has 0 radical (unpaired) electrons. The molecule has 2 aromatic carbocycles. The Bertz CT molecular complexity index is 761. The van der Waals surface area contributed by atoms with Gasteiger partial charge in [-0.3, -0.25) is 9.69 Å². The summed E-state index contributed by atoms with van der Waals surface area (Å²) in [5.74, 6) is 1.61. The van der Waals surface area contributed by atoms with Gasteiger partial charge in [0.05, 0.1) is 19.3 Å². The van der Waals surface area contributed by atoms with E-state index >= 15 is 0 Å². The first kappa shape index (κ1) is 20.1. The number of amides is 1. The lowest BCUT2D eigenvalue weighted by Crippen LogP contribution is -2.30. The highest BCUT2D eigenvalue weighted by Crippen LogP contribution is 2.27. The van der Waals surface area contributed by atoms with Gasteiger partial charge in [-0.25, -0.2) is 0 Å². The van der Waals surface area contributed by atoms with E-state index in [4.69, 9.17) is 4.74 Å². The summed E-state index contributed by atoms with van der Waals surface area (Å²) in [6, 6.07) is 13.9. The first-order valence-electron chi connectivity index (χ1n) is 8.48. The summed E-state index contributed by atoms with van der Waals surface area (Å²) >= 11 is 1.65. The quantitative estimate of drug-likeness (QED) is 0.526. The van der Waals surface area contributed by atoms with E-state index in [9.17, 15) is 4.79 Å². The van der Waals surface area contributed by atoms with Crippen molar-refractivity contribution in [2.45, 2.75) is 18.4 Å². The summed E-state index contributed by atoms with van der Waals surface area (Å²) in [6.45, 7) is 6.74. The van der Waals surface area contributed by atoms with E-state index in [2.05, 4.69) is 18.0 Å². The molecule has 0 atom stereocenters. The van der Waals surface area contributed by atoms with Crippen molar-refractivity contribution in [1.82, 2.24) is 4.90 Å². The first-order chi connectivity index (χ1) is 12.5. The molecule has 26 heavy (non-hydrogen) atoms. The number of rotatable bonds is 9. The van der Waals surface area contributed by atoms with Crippen molar-refractivity contribution in [3.05, 3.63) is 66.2 Å². The standard InChI is InChI=1S/C21H26N2O2S/c1-5-12-26-20-9-7-6-8-18(20)22-21(24)15-23(3)14-17-13-16(2)10-11-19(17)25-4/h5-11,13H,1,12,14-15H2,2-4H3,(H,22,24). The molecule has 138 valence electrons. The van der Waals surface area contributed by atoms with Gasteiger partial charge in [0.15, 0.2) is 0 Å². The minimum absolute atomic E-state index is 0.0363. The molecule has 4 nitrogen and oxygen atoms in total. The van der Waals surface area contributed by atoms with Gasteiger partial charge in [-0.15, -0.1) is 18.3 Å². The van der Waals surface area contributed by atoms with Gasteiger partial charge in [-0.05, 0) is 32.2 Å². The second-order valence-electron chi connectivity index (χ2n) is 6.13. The molecule has 0 fully saturated rings. The summed E-state index contributed by atoms with van der Waals surface area (Å²) < 4.78 is 5.42. The largest absolute Gasteiger partial charge is 0.496 e. The normalized spacial score (nSPS) is 10.6. The highest BCUT2D eigenvalue weighted by Gasteiger charge is 2.12. The Morgan fingerprint density at radius 1 is 1.31 bits per heavy atom. The Balaban J connectivity index is 1.98. The molecule has 2 rings (SSSR count). The highest BCUT2D eigenvalue weighted by atomic mass is 32.2. The van der Waals surface area contributed by atoms with Crippen LogP contribution in [-0.2, 0) is 11.3 Å². The zero-order valence-electron chi connectivity index (χ0n) is 15.6. The van der Waals surface area contributed by atoms with Gasteiger partial charge in [0, 0.05) is 22.8 Å². The fraction of sp³-hybridized carbons (Fsp3) is 0.286. The number of methoxy groups -OCH3 is 1. The lowest BCUT2D eigenvalue weighted by Gasteiger charge is -2.19. The van der Waals surface area contributed by atoms with Gasteiger partial charge >= 0.3 is 0 Å². The van der Waals surface area contributed by atoms with Crippen LogP contribution in [0.25, 0.3) is 0 Å². The van der Waals surface area contributed by atoms with E-state index in [0.717, 1.165) is 27.6 Å². The lowest BCUT2D eigenvalue weighted by atomic mass is 10.1. The van der Waals surface area contributed by atoms with Crippen LogP contribution in [0.4, 0.5) is 5.69 Å². The second kappa shape index (κ2) is 10.0. The fourth-order valence-electron chi connectivity index (χ4n) is 2.66. The number of anilines is 1. The first-order valence-corrected chi connectivity index (χ1v) is 9.46. The van der Waals surface area contributed by atoms with Gasteiger partial charge in [-0.1, -0.05) is 35.9 Å². The van der Waals surface area contributed by atoms with Crippen molar-refractivity contribution in [1.29, 1.82) is 0 Å². The summed E-state index contributed by atoms with van der Waals surface area (Å²) in [5, 5.41) is 3.01. The van der Waals surface area contributed by atoms with Crippen molar-refractivity contribution >= 4 is 23.4 Å². The number of nitrogens with zero attached hydrogens (tertiary/aromatic N) is 1. The topological polar surface area (TPSA) is 41.6 Å². The Hall–Kier alpha value is -2.24. The monoisotopic (exact) mass is 370 g/mol. The molecule has 0 aliphatic rings. The van der Waals surface area contributed by atoms with E-state index < -0.39 is 0 Å².